The highest BCUT2D eigenvalue weighted by atomic mass is 16.7. The van der Waals surface area contributed by atoms with E-state index in [9.17, 15) is 29.7 Å². The van der Waals surface area contributed by atoms with Gasteiger partial charge in [0.25, 0.3) is 0 Å². The van der Waals surface area contributed by atoms with Gasteiger partial charge >= 0.3 is 17.9 Å². The van der Waals surface area contributed by atoms with Crippen LogP contribution in [0.4, 0.5) is 0 Å². The number of rotatable bonds is 18. The summed E-state index contributed by atoms with van der Waals surface area (Å²) in [5.74, 6) is -2.17. The van der Waals surface area contributed by atoms with Gasteiger partial charge in [-0.25, -0.2) is 0 Å². The van der Waals surface area contributed by atoms with Crippen molar-refractivity contribution in [3.8, 4) is 0 Å². The van der Waals surface area contributed by atoms with Gasteiger partial charge in [-0.2, -0.15) is 0 Å². The summed E-state index contributed by atoms with van der Waals surface area (Å²) in [7, 11) is 0. The molecule has 2 fully saturated rings. The Labute approximate surface area is 253 Å². The molecule has 3 N–H and O–H groups in total. The Kier molecular flexibility index (Phi) is 17.2. The van der Waals surface area contributed by atoms with Crippen LogP contribution < -0.4 is 0 Å². The van der Waals surface area contributed by atoms with E-state index in [1.54, 1.807) is 0 Å². The summed E-state index contributed by atoms with van der Waals surface area (Å²) in [6.07, 6.45) is 1.50. The minimum absolute atomic E-state index is 0.181. The van der Waals surface area contributed by atoms with E-state index in [1.807, 2.05) is 0 Å². The van der Waals surface area contributed by atoms with Crippen molar-refractivity contribution < 1.29 is 62.9 Å². The van der Waals surface area contributed by atoms with Crippen LogP contribution in [0.25, 0.3) is 0 Å². The van der Waals surface area contributed by atoms with Gasteiger partial charge in [0.15, 0.2) is 30.9 Å². The Balaban J connectivity index is 1.90. The molecule has 248 valence electrons. The van der Waals surface area contributed by atoms with Crippen LogP contribution in [0, 0.1) is 0 Å². The van der Waals surface area contributed by atoms with E-state index < -0.39 is 73.2 Å². The fourth-order valence-electron chi connectivity index (χ4n) is 4.78. The zero-order chi connectivity index (χ0) is 31.8. The molecule has 0 aromatic carbocycles. The number of esters is 3. The number of allylic oxidation sites excluding steroid dienone is 2. The van der Waals surface area contributed by atoms with E-state index >= 15 is 0 Å². The molecule has 0 spiro atoms. The molecule has 0 aromatic heterocycles. The second-order valence-corrected chi connectivity index (χ2v) is 11.0. The Morgan fingerprint density at radius 1 is 0.814 bits per heavy atom. The lowest BCUT2D eigenvalue weighted by atomic mass is 10.0. The summed E-state index contributed by atoms with van der Waals surface area (Å²) in [4.78, 5) is 35.5. The third kappa shape index (κ3) is 13.6. The number of carbonyl (C=O) groups is 3. The number of ether oxygens (including phenoxy) is 7. The largest absolute Gasteiger partial charge is 0.456 e. The zero-order valence-corrected chi connectivity index (χ0v) is 25.8. The molecule has 2 saturated heterocycles. The minimum atomic E-state index is -1.61. The highest BCUT2D eigenvalue weighted by Gasteiger charge is 2.49. The molecule has 0 saturated carbocycles. The monoisotopic (exact) mass is 618 g/mol. The van der Waals surface area contributed by atoms with E-state index in [2.05, 4.69) is 19.1 Å². The molecule has 13 heteroatoms. The van der Waals surface area contributed by atoms with Gasteiger partial charge in [-0.3, -0.25) is 14.4 Å². The SMILES string of the molecule is CCCCCCCC=CCCCOC1OCC(OC2OCC(OC(=O)CC(C)O)C(OC(C)=O)C2O)C(O)C1OC(C)=O. The third-order valence-corrected chi connectivity index (χ3v) is 6.91. The van der Waals surface area contributed by atoms with Crippen molar-refractivity contribution in [2.75, 3.05) is 19.8 Å². The molecule has 2 heterocycles. The molecule has 9 atom stereocenters. The van der Waals surface area contributed by atoms with Crippen LogP contribution in [0.2, 0.25) is 0 Å². The number of unbranched alkanes of at least 4 members (excludes halogenated alkanes) is 6. The van der Waals surface area contributed by atoms with E-state index in [0.717, 1.165) is 19.8 Å². The molecule has 0 bridgehead atoms. The van der Waals surface area contributed by atoms with Gasteiger partial charge in [0, 0.05) is 13.8 Å². The molecule has 13 nitrogen and oxygen atoms in total. The Morgan fingerprint density at radius 3 is 2.07 bits per heavy atom. The summed E-state index contributed by atoms with van der Waals surface area (Å²) < 4.78 is 38.6. The maximum atomic E-state index is 12.1. The van der Waals surface area contributed by atoms with E-state index in [4.69, 9.17) is 33.2 Å². The number of aliphatic hydroxyl groups is 3. The average molecular weight is 619 g/mol. The lowest BCUT2D eigenvalue weighted by molar-refractivity contribution is -0.330. The minimum Gasteiger partial charge on any atom is -0.456 e. The summed E-state index contributed by atoms with van der Waals surface area (Å²) >= 11 is 0. The van der Waals surface area contributed by atoms with E-state index in [-0.39, 0.29) is 19.6 Å². The molecule has 2 rings (SSSR count). The normalized spacial score (nSPS) is 30.1. The summed E-state index contributed by atoms with van der Waals surface area (Å²) in [6.45, 7) is 5.75. The van der Waals surface area contributed by atoms with Gasteiger partial charge in [-0.1, -0.05) is 44.8 Å². The first-order valence-corrected chi connectivity index (χ1v) is 15.3. The first kappa shape index (κ1) is 37.1. The molecule has 0 radical (unpaired) electrons. The number of carbonyl (C=O) groups excluding carboxylic acids is 3. The van der Waals surface area contributed by atoms with Gasteiger partial charge in [-0.15, -0.1) is 0 Å². The van der Waals surface area contributed by atoms with Crippen molar-refractivity contribution in [2.24, 2.45) is 0 Å². The average Bonchev–Trinajstić information content (AvgIpc) is 2.93. The lowest BCUT2D eigenvalue weighted by Gasteiger charge is -2.43. The Morgan fingerprint density at radius 2 is 1.42 bits per heavy atom. The molecule has 0 aliphatic carbocycles. The molecule has 2 aliphatic rings. The standard InChI is InChI=1S/C30H50O13/c1-5-6-7-8-9-10-11-12-13-14-15-37-30-28(41-21(4)33)25(35)22(17-39-30)43-29-26(36)27(40-20(3)32)23(18-38-29)42-24(34)16-19(2)31/h11-12,19,22-23,25-31,35-36H,5-10,13-18H2,1-4H3. The first-order chi connectivity index (χ1) is 20.5. The highest BCUT2D eigenvalue weighted by Crippen LogP contribution is 2.28. The van der Waals surface area contributed by atoms with Gasteiger partial charge in [-0.05, 0) is 32.6 Å². The van der Waals surface area contributed by atoms with Gasteiger partial charge in [0.05, 0.1) is 32.3 Å². The van der Waals surface area contributed by atoms with Crippen LogP contribution in [0.5, 0.6) is 0 Å². The Hall–Kier alpha value is -2.13. The van der Waals surface area contributed by atoms with Crippen LogP contribution in [0.1, 0.15) is 85.5 Å². The van der Waals surface area contributed by atoms with Crippen LogP contribution in [-0.2, 0) is 47.5 Å². The molecular formula is C30H50O13. The van der Waals surface area contributed by atoms with Crippen molar-refractivity contribution >= 4 is 17.9 Å². The predicted octanol–water partition coefficient (Wildman–Crippen LogP) is 2.07. The van der Waals surface area contributed by atoms with Crippen molar-refractivity contribution in [3.63, 3.8) is 0 Å². The maximum Gasteiger partial charge on any atom is 0.308 e. The number of hydrogen-bond acceptors (Lipinski definition) is 13. The zero-order valence-electron chi connectivity index (χ0n) is 25.8. The molecule has 43 heavy (non-hydrogen) atoms. The van der Waals surface area contributed by atoms with Crippen molar-refractivity contribution in [1.82, 2.24) is 0 Å². The molecule has 2 aliphatic heterocycles. The van der Waals surface area contributed by atoms with Gasteiger partial charge in [0.1, 0.15) is 18.3 Å². The van der Waals surface area contributed by atoms with Crippen molar-refractivity contribution in [2.45, 2.75) is 141 Å². The van der Waals surface area contributed by atoms with Crippen LogP contribution in [-0.4, -0.2) is 108 Å². The van der Waals surface area contributed by atoms with Gasteiger partial charge < -0.3 is 48.5 Å². The quantitative estimate of drug-likeness (QED) is 0.0881. The smallest absolute Gasteiger partial charge is 0.308 e. The second-order valence-electron chi connectivity index (χ2n) is 11.0. The molecule has 9 unspecified atom stereocenters. The fourth-order valence-corrected chi connectivity index (χ4v) is 4.78. The summed E-state index contributed by atoms with van der Waals surface area (Å²) in [5, 5.41) is 31.3. The van der Waals surface area contributed by atoms with Crippen LogP contribution >= 0.6 is 0 Å². The van der Waals surface area contributed by atoms with E-state index in [1.165, 1.54) is 46.0 Å². The fraction of sp³-hybridized carbons (Fsp3) is 0.833. The maximum absolute atomic E-state index is 12.1. The first-order valence-electron chi connectivity index (χ1n) is 15.3. The lowest BCUT2D eigenvalue weighted by Crippen LogP contribution is -2.61. The van der Waals surface area contributed by atoms with Crippen molar-refractivity contribution in [3.05, 3.63) is 12.2 Å². The Bertz CT molecular complexity index is 863. The number of aliphatic hydroxyl groups excluding tert-OH is 3. The topological polar surface area (TPSA) is 177 Å². The molecule has 0 amide bonds. The van der Waals surface area contributed by atoms with Crippen LogP contribution in [0.3, 0.4) is 0 Å². The number of hydrogen-bond donors (Lipinski definition) is 3. The summed E-state index contributed by atoms with van der Waals surface area (Å²) in [5.41, 5.74) is 0. The molecule has 0 aromatic rings. The summed E-state index contributed by atoms with van der Waals surface area (Å²) in [6, 6.07) is 0. The predicted molar refractivity (Wildman–Crippen MR) is 151 cm³/mol. The van der Waals surface area contributed by atoms with Crippen LogP contribution in [0.15, 0.2) is 12.2 Å². The highest BCUT2D eigenvalue weighted by molar-refractivity contribution is 5.70. The van der Waals surface area contributed by atoms with Crippen molar-refractivity contribution in [1.29, 1.82) is 0 Å². The van der Waals surface area contributed by atoms with Gasteiger partial charge in [0.2, 0.25) is 0 Å². The van der Waals surface area contributed by atoms with E-state index in [0.29, 0.717) is 13.0 Å². The third-order valence-electron chi connectivity index (χ3n) is 6.91. The second kappa shape index (κ2) is 20.0. The molecular weight excluding hydrogens is 568 g/mol.